The molecule has 0 fully saturated rings. The van der Waals surface area contributed by atoms with Gasteiger partial charge in [-0.15, -0.1) is 5.10 Å². The number of nitrogens with zero attached hydrogens (tertiary/aromatic N) is 4. The summed E-state index contributed by atoms with van der Waals surface area (Å²) in [5.74, 6) is 1.60. The van der Waals surface area contributed by atoms with Gasteiger partial charge in [0, 0.05) is 11.8 Å². The van der Waals surface area contributed by atoms with Crippen LogP contribution in [0, 0.1) is 0 Å². The number of H-pyrrole nitrogens is 1. The van der Waals surface area contributed by atoms with Crippen molar-refractivity contribution < 1.29 is 4.74 Å². The number of nitrogens with one attached hydrogen (secondary N) is 1. The lowest BCUT2D eigenvalue weighted by molar-refractivity contribution is 0.301. The van der Waals surface area contributed by atoms with Gasteiger partial charge in [0.15, 0.2) is 5.82 Å². The molecule has 6 nitrogen and oxygen atoms in total. The molecular formula is C25H21N5O. The van der Waals surface area contributed by atoms with E-state index in [0.717, 1.165) is 34.6 Å². The van der Waals surface area contributed by atoms with Crippen molar-refractivity contribution in [2.24, 2.45) is 0 Å². The van der Waals surface area contributed by atoms with Gasteiger partial charge >= 0.3 is 0 Å². The Balaban J connectivity index is 1.25. The van der Waals surface area contributed by atoms with Gasteiger partial charge in [0.05, 0.1) is 11.2 Å². The van der Waals surface area contributed by atoms with Crippen molar-refractivity contribution in [1.29, 1.82) is 0 Å². The molecule has 3 aromatic carbocycles. The van der Waals surface area contributed by atoms with E-state index < -0.39 is 0 Å². The maximum Gasteiger partial charge on any atom is 0.152 e. The molecular weight excluding hydrogens is 386 g/mol. The molecule has 0 radical (unpaired) electrons. The molecule has 0 atom stereocenters. The summed E-state index contributed by atoms with van der Waals surface area (Å²) >= 11 is 0. The minimum absolute atomic E-state index is 0.439. The maximum atomic E-state index is 6.02. The molecule has 0 spiro atoms. The van der Waals surface area contributed by atoms with Crippen LogP contribution in [0.3, 0.4) is 0 Å². The second-order valence-corrected chi connectivity index (χ2v) is 7.45. The number of para-hydroxylation sites is 1. The predicted molar refractivity (Wildman–Crippen MR) is 119 cm³/mol. The zero-order valence-corrected chi connectivity index (χ0v) is 16.9. The molecule has 6 heteroatoms. The van der Waals surface area contributed by atoms with Crippen molar-refractivity contribution in [3.8, 4) is 5.75 Å². The quantitative estimate of drug-likeness (QED) is 0.430. The number of aromatic nitrogens is 5. The van der Waals surface area contributed by atoms with E-state index in [-0.39, 0.29) is 0 Å². The summed E-state index contributed by atoms with van der Waals surface area (Å²) in [7, 11) is 0. The monoisotopic (exact) mass is 407 g/mol. The van der Waals surface area contributed by atoms with Crippen LogP contribution in [-0.4, -0.2) is 25.6 Å². The first-order chi connectivity index (χ1) is 15.3. The molecule has 0 aliphatic carbocycles. The number of aromatic amines is 1. The van der Waals surface area contributed by atoms with Crippen LogP contribution in [0.25, 0.3) is 10.9 Å². The van der Waals surface area contributed by atoms with E-state index in [2.05, 4.69) is 74.1 Å². The molecule has 5 rings (SSSR count). The van der Waals surface area contributed by atoms with Crippen LogP contribution >= 0.6 is 0 Å². The maximum absolute atomic E-state index is 6.02. The van der Waals surface area contributed by atoms with Crippen LogP contribution in [0.4, 0.5) is 0 Å². The standard InChI is InChI=1S/C25H21N5O/c1-2-10-24-21(8-1)11-12-22(26-24)17-31-23-9-4-7-19(15-23)13-18-5-3-6-20(14-18)16-25-27-29-30-28-25/h1-12,14-15H,13,16-17H2,(H,27,28,29,30). The van der Waals surface area contributed by atoms with Crippen molar-refractivity contribution in [3.05, 3.63) is 113 Å². The summed E-state index contributed by atoms with van der Waals surface area (Å²) in [6, 6.07) is 28.9. The second-order valence-electron chi connectivity index (χ2n) is 7.45. The molecule has 0 aliphatic rings. The van der Waals surface area contributed by atoms with E-state index in [1.165, 1.54) is 16.7 Å². The van der Waals surface area contributed by atoms with Gasteiger partial charge < -0.3 is 4.74 Å². The fraction of sp³-hybridized carbons (Fsp3) is 0.120. The Morgan fingerprint density at radius 3 is 2.42 bits per heavy atom. The average molecular weight is 407 g/mol. The van der Waals surface area contributed by atoms with Crippen molar-refractivity contribution in [2.75, 3.05) is 0 Å². The molecule has 2 heterocycles. The largest absolute Gasteiger partial charge is 0.487 e. The van der Waals surface area contributed by atoms with E-state index in [1.807, 2.05) is 36.4 Å². The van der Waals surface area contributed by atoms with Crippen LogP contribution < -0.4 is 4.74 Å². The molecule has 0 aliphatic heterocycles. The van der Waals surface area contributed by atoms with Gasteiger partial charge in [-0.1, -0.05) is 60.7 Å². The summed E-state index contributed by atoms with van der Waals surface area (Å²) in [5.41, 5.74) is 5.50. The third-order valence-electron chi connectivity index (χ3n) is 5.10. The van der Waals surface area contributed by atoms with Crippen LogP contribution in [0.2, 0.25) is 0 Å². The summed E-state index contributed by atoms with van der Waals surface area (Å²) in [4.78, 5) is 4.68. The lowest BCUT2D eigenvalue weighted by Gasteiger charge is -2.09. The van der Waals surface area contributed by atoms with Gasteiger partial charge in [-0.25, -0.2) is 10.1 Å². The van der Waals surface area contributed by atoms with Gasteiger partial charge in [0.1, 0.15) is 12.4 Å². The number of pyridine rings is 1. The van der Waals surface area contributed by atoms with Gasteiger partial charge in [-0.3, -0.25) is 0 Å². The van der Waals surface area contributed by atoms with Gasteiger partial charge in [0.2, 0.25) is 0 Å². The highest BCUT2D eigenvalue weighted by Crippen LogP contribution is 2.19. The minimum Gasteiger partial charge on any atom is -0.487 e. The number of benzene rings is 3. The number of fused-ring (bicyclic) bond motifs is 1. The Morgan fingerprint density at radius 1 is 0.742 bits per heavy atom. The average Bonchev–Trinajstić information content (AvgIpc) is 3.31. The van der Waals surface area contributed by atoms with E-state index in [1.54, 1.807) is 0 Å². The summed E-state index contributed by atoms with van der Waals surface area (Å²) in [6.45, 7) is 0.439. The molecule has 0 amide bonds. The minimum atomic E-state index is 0.439. The van der Waals surface area contributed by atoms with Crippen molar-refractivity contribution in [2.45, 2.75) is 19.4 Å². The first-order valence-corrected chi connectivity index (χ1v) is 10.2. The van der Waals surface area contributed by atoms with Crippen molar-refractivity contribution in [1.82, 2.24) is 25.6 Å². The molecule has 31 heavy (non-hydrogen) atoms. The third-order valence-corrected chi connectivity index (χ3v) is 5.10. The van der Waals surface area contributed by atoms with Gasteiger partial charge in [0.25, 0.3) is 0 Å². The van der Waals surface area contributed by atoms with Crippen molar-refractivity contribution in [3.63, 3.8) is 0 Å². The fourth-order valence-corrected chi connectivity index (χ4v) is 3.62. The second kappa shape index (κ2) is 8.75. The van der Waals surface area contributed by atoms with Crippen LogP contribution in [-0.2, 0) is 19.4 Å². The normalized spacial score (nSPS) is 11.0. The molecule has 0 saturated heterocycles. The molecule has 2 aromatic heterocycles. The van der Waals surface area contributed by atoms with E-state index in [4.69, 9.17) is 4.74 Å². The number of tetrazole rings is 1. The van der Waals surface area contributed by atoms with E-state index in [0.29, 0.717) is 13.0 Å². The highest BCUT2D eigenvalue weighted by atomic mass is 16.5. The third kappa shape index (κ3) is 4.75. The first kappa shape index (κ1) is 18.9. The van der Waals surface area contributed by atoms with E-state index >= 15 is 0 Å². The van der Waals surface area contributed by atoms with Gasteiger partial charge in [-0.2, -0.15) is 0 Å². The molecule has 0 saturated carbocycles. The Kier molecular flexibility index (Phi) is 5.35. The first-order valence-electron chi connectivity index (χ1n) is 10.2. The number of ether oxygens (including phenoxy) is 1. The molecule has 0 bridgehead atoms. The predicted octanol–water partition coefficient (Wildman–Crippen LogP) is 4.51. The zero-order valence-electron chi connectivity index (χ0n) is 16.9. The van der Waals surface area contributed by atoms with Crippen LogP contribution in [0.15, 0.2) is 84.9 Å². The highest BCUT2D eigenvalue weighted by molar-refractivity contribution is 5.78. The topological polar surface area (TPSA) is 76.6 Å². The number of hydrogen-bond acceptors (Lipinski definition) is 5. The zero-order chi connectivity index (χ0) is 20.9. The Bertz CT molecular complexity index is 1300. The molecule has 0 unspecified atom stereocenters. The SMILES string of the molecule is c1cc(Cc2cccc(OCc3ccc4ccccc4n3)c2)cc(Cc2nnn[nH]2)c1. The summed E-state index contributed by atoms with van der Waals surface area (Å²) in [5, 5.41) is 15.2. The van der Waals surface area contributed by atoms with Crippen LogP contribution in [0.5, 0.6) is 5.75 Å². The lowest BCUT2D eigenvalue weighted by Crippen LogP contribution is -1.99. The smallest absolute Gasteiger partial charge is 0.152 e. The number of hydrogen-bond donors (Lipinski definition) is 1. The highest BCUT2D eigenvalue weighted by Gasteiger charge is 2.05. The molecule has 5 aromatic rings. The summed E-state index contributed by atoms with van der Waals surface area (Å²) < 4.78 is 6.02. The fourth-order valence-electron chi connectivity index (χ4n) is 3.62. The Morgan fingerprint density at radius 2 is 1.55 bits per heavy atom. The van der Waals surface area contributed by atoms with Gasteiger partial charge in [-0.05, 0) is 57.8 Å². The molecule has 152 valence electrons. The number of rotatable bonds is 7. The molecule has 1 N–H and O–H groups in total. The lowest BCUT2D eigenvalue weighted by atomic mass is 10.0. The Hall–Kier alpha value is -4.06. The van der Waals surface area contributed by atoms with E-state index in [9.17, 15) is 0 Å². The van der Waals surface area contributed by atoms with Crippen molar-refractivity contribution >= 4 is 10.9 Å². The van der Waals surface area contributed by atoms with Crippen LogP contribution in [0.1, 0.15) is 28.2 Å². The summed E-state index contributed by atoms with van der Waals surface area (Å²) in [6.07, 6.45) is 1.51. The Labute approximate surface area is 179 Å².